The van der Waals surface area contributed by atoms with Gasteiger partial charge in [0.25, 0.3) is 5.91 Å². The Balaban J connectivity index is 1.93. The van der Waals surface area contributed by atoms with E-state index in [0.717, 1.165) is 11.3 Å². The van der Waals surface area contributed by atoms with Gasteiger partial charge in [-0.1, -0.05) is 11.6 Å². The van der Waals surface area contributed by atoms with Crippen LogP contribution in [0.25, 0.3) is 0 Å². The van der Waals surface area contributed by atoms with E-state index in [1.54, 1.807) is 29.5 Å². The van der Waals surface area contributed by atoms with E-state index < -0.39 is 0 Å². The van der Waals surface area contributed by atoms with Crippen LogP contribution in [-0.2, 0) is 6.42 Å². The Hall–Kier alpha value is -0.970. The molecule has 0 atom stereocenters. The molecule has 0 radical (unpaired) electrons. The second kappa shape index (κ2) is 6.27. The van der Waals surface area contributed by atoms with Crippen molar-refractivity contribution in [2.45, 2.75) is 11.3 Å². The molecule has 0 saturated carbocycles. The van der Waals surface area contributed by atoms with Gasteiger partial charge in [0.05, 0.1) is 10.6 Å². The van der Waals surface area contributed by atoms with Gasteiger partial charge in [0.2, 0.25) is 0 Å². The third-order valence-electron chi connectivity index (χ3n) is 2.47. The second-order valence-electron chi connectivity index (χ2n) is 3.80. The Labute approximate surface area is 120 Å². The molecule has 0 saturated heterocycles. The van der Waals surface area contributed by atoms with Crippen LogP contribution in [-0.4, -0.2) is 12.5 Å². The maximum atomic E-state index is 11.9. The molecule has 0 aliphatic carbocycles. The number of amides is 1. The van der Waals surface area contributed by atoms with Gasteiger partial charge >= 0.3 is 0 Å². The van der Waals surface area contributed by atoms with Crippen molar-refractivity contribution in [3.05, 3.63) is 51.2 Å². The van der Waals surface area contributed by atoms with Crippen molar-refractivity contribution in [2.75, 3.05) is 6.54 Å². The van der Waals surface area contributed by atoms with Crippen molar-refractivity contribution in [2.24, 2.45) is 0 Å². The summed E-state index contributed by atoms with van der Waals surface area (Å²) in [5, 5.41) is 7.40. The smallest absolute Gasteiger partial charge is 0.252 e. The van der Waals surface area contributed by atoms with Gasteiger partial charge in [-0.2, -0.15) is 11.3 Å². The van der Waals surface area contributed by atoms with E-state index in [0.29, 0.717) is 17.1 Å². The highest BCUT2D eigenvalue weighted by Crippen LogP contribution is 2.19. The summed E-state index contributed by atoms with van der Waals surface area (Å²) in [7, 11) is 0. The molecule has 0 unspecified atom stereocenters. The number of nitrogens with one attached hydrogen (secondary N) is 1. The number of carbonyl (C=O) groups is 1. The van der Waals surface area contributed by atoms with Crippen LogP contribution in [0.1, 0.15) is 15.9 Å². The number of benzene rings is 1. The summed E-state index contributed by atoms with van der Waals surface area (Å²) in [5.41, 5.74) is 1.70. The van der Waals surface area contributed by atoms with Crippen molar-refractivity contribution < 1.29 is 4.79 Å². The predicted molar refractivity (Wildman–Crippen MR) is 79.1 cm³/mol. The van der Waals surface area contributed by atoms with Crippen molar-refractivity contribution in [3.63, 3.8) is 0 Å². The SMILES string of the molecule is O=C(NCCc1ccsc1)c1cc(S)ccc1Cl. The van der Waals surface area contributed by atoms with Crippen LogP contribution >= 0.6 is 35.6 Å². The fourth-order valence-corrected chi connectivity index (χ4v) is 2.65. The van der Waals surface area contributed by atoms with Crippen LogP contribution in [0.15, 0.2) is 39.9 Å². The third-order valence-corrected chi connectivity index (χ3v) is 3.81. The molecule has 1 heterocycles. The summed E-state index contributed by atoms with van der Waals surface area (Å²) in [6.07, 6.45) is 0.827. The fourth-order valence-electron chi connectivity index (χ4n) is 1.54. The van der Waals surface area contributed by atoms with Crippen molar-refractivity contribution in [1.29, 1.82) is 0 Å². The summed E-state index contributed by atoms with van der Waals surface area (Å²) in [4.78, 5) is 12.6. The number of hydrogen-bond acceptors (Lipinski definition) is 3. The summed E-state index contributed by atoms with van der Waals surface area (Å²) in [6, 6.07) is 7.16. The van der Waals surface area contributed by atoms with Crippen molar-refractivity contribution in [1.82, 2.24) is 5.32 Å². The molecule has 0 aliphatic rings. The number of thiol groups is 1. The molecule has 0 spiro atoms. The minimum Gasteiger partial charge on any atom is -0.352 e. The average Bonchev–Trinajstić information content (AvgIpc) is 2.85. The van der Waals surface area contributed by atoms with Gasteiger partial charge in [0, 0.05) is 11.4 Å². The lowest BCUT2D eigenvalue weighted by Crippen LogP contribution is -2.25. The summed E-state index contributed by atoms with van der Waals surface area (Å²) >= 11 is 11.8. The first-order chi connectivity index (χ1) is 8.66. The number of halogens is 1. The van der Waals surface area contributed by atoms with Crippen molar-refractivity contribution >= 4 is 41.5 Å². The van der Waals surface area contributed by atoms with E-state index in [2.05, 4.69) is 29.4 Å². The van der Waals surface area contributed by atoms with Gasteiger partial charge in [-0.3, -0.25) is 4.79 Å². The number of hydrogen-bond donors (Lipinski definition) is 2. The third kappa shape index (κ3) is 3.51. The molecule has 1 aromatic carbocycles. The Morgan fingerprint density at radius 2 is 2.22 bits per heavy atom. The Kier molecular flexibility index (Phi) is 4.69. The topological polar surface area (TPSA) is 29.1 Å². The van der Waals surface area contributed by atoms with Gasteiger partial charge in [-0.05, 0) is 47.0 Å². The lowest BCUT2D eigenvalue weighted by Gasteiger charge is -2.06. The lowest BCUT2D eigenvalue weighted by molar-refractivity contribution is 0.0954. The maximum absolute atomic E-state index is 11.9. The highest BCUT2D eigenvalue weighted by atomic mass is 35.5. The molecule has 2 rings (SSSR count). The first-order valence-corrected chi connectivity index (χ1v) is 7.21. The maximum Gasteiger partial charge on any atom is 0.252 e. The van der Waals surface area contributed by atoms with Gasteiger partial charge < -0.3 is 5.32 Å². The normalized spacial score (nSPS) is 10.3. The quantitative estimate of drug-likeness (QED) is 0.829. The van der Waals surface area contributed by atoms with E-state index >= 15 is 0 Å². The predicted octanol–water partition coefficient (Wildman–Crippen LogP) is 3.66. The molecule has 2 aromatic rings. The summed E-state index contributed by atoms with van der Waals surface area (Å²) < 4.78 is 0. The van der Waals surface area contributed by atoms with E-state index in [1.807, 2.05) is 5.38 Å². The molecular weight excluding hydrogens is 286 g/mol. The van der Waals surface area contributed by atoms with Gasteiger partial charge in [0.1, 0.15) is 0 Å². The minimum atomic E-state index is -0.161. The summed E-state index contributed by atoms with van der Waals surface area (Å²) in [6.45, 7) is 0.600. The molecule has 94 valence electrons. The first-order valence-electron chi connectivity index (χ1n) is 5.44. The molecule has 1 N–H and O–H groups in total. The van der Waals surface area contributed by atoms with E-state index in [1.165, 1.54) is 5.56 Å². The Morgan fingerprint density at radius 1 is 1.39 bits per heavy atom. The standard InChI is InChI=1S/C13H12ClNOS2/c14-12-2-1-10(17)7-11(12)13(16)15-5-3-9-4-6-18-8-9/h1-2,4,6-8,17H,3,5H2,(H,15,16). The number of rotatable bonds is 4. The molecule has 18 heavy (non-hydrogen) atoms. The van der Waals surface area contributed by atoms with Crippen LogP contribution < -0.4 is 5.32 Å². The van der Waals surface area contributed by atoms with Crippen LogP contribution in [0.5, 0.6) is 0 Å². The zero-order chi connectivity index (χ0) is 13.0. The van der Waals surface area contributed by atoms with E-state index in [4.69, 9.17) is 11.6 Å². The van der Waals surface area contributed by atoms with E-state index in [-0.39, 0.29) is 5.91 Å². The monoisotopic (exact) mass is 297 g/mol. The van der Waals surface area contributed by atoms with Crippen LogP contribution in [0.2, 0.25) is 5.02 Å². The lowest BCUT2D eigenvalue weighted by atomic mass is 10.2. The first kappa shape index (κ1) is 13.5. The zero-order valence-corrected chi connectivity index (χ0v) is 12.0. The van der Waals surface area contributed by atoms with Crippen LogP contribution in [0, 0.1) is 0 Å². The fraction of sp³-hybridized carbons (Fsp3) is 0.154. The van der Waals surface area contributed by atoms with E-state index in [9.17, 15) is 4.79 Å². The minimum absolute atomic E-state index is 0.161. The molecule has 1 aromatic heterocycles. The van der Waals surface area contributed by atoms with Gasteiger partial charge in [-0.25, -0.2) is 0 Å². The molecule has 0 bridgehead atoms. The summed E-state index contributed by atoms with van der Waals surface area (Å²) in [5.74, 6) is -0.161. The zero-order valence-electron chi connectivity index (χ0n) is 9.52. The van der Waals surface area contributed by atoms with Crippen molar-refractivity contribution in [3.8, 4) is 0 Å². The number of carbonyl (C=O) groups excluding carboxylic acids is 1. The number of thiophene rings is 1. The Bertz CT molecular complexity index is 540. The average molecular weight is 298 g/mol. The second-order valence-corrected chi connectivity index (χ2v) is 5.51. The Morgan fingerprint density at radius 3 is 2.94 bits per heavy atom. The molecular formula is C13H12ClNOS2. The molecule has 1 amide bonds. The van der Waals surface area contributed by atoms with Gasteiger partial charge in [-0.15, -0.1) is 12.6 Å². The highest BCUT2D eigenvalue weighted by molar-refractivity contribution is 7.80. The molecule has 2 nitrogen and oxygen atoms in total. The highest BCUT2D eigenvalue weighted by Gasteiger charge is 2.09. The van der Waals surface area contributed by atoms with Crippen LogP contribution in [0.3, 0.4) is 0 Å². The molecule has 0 aliphatic heterocycles. The van der Waals surface area contributed by atoms with Crippen LogP contribution in [0.4, 0.5) is 0 Å². The molecule has 0 fully saturated rings. The molecule has 5 heteroatoms. The van der Waals surface area contributed by atoms with Gasteiger partial charge in [0.15, 0.2) is 0 Å². The largest absolute Gasteiger partial charge is 0.352 e.